The summed E-state index contributed by atoms with van der Waals surface area (Å²) in [5, 5.41) is 0. The molecule has 3 unspecified atom stereocenters. The van der Waals surface area contributed by atoms with Crippen LogP contribution in [-0.2, 0) is 25.1 Å². The van der Waals surface area contributed by atoms with Crippen LogP contribution in [0.2, 0.25) is 0 Å². The number of ether oxygens (including phenoxy) is 2. The second-order valence-electron chi connectivity index (χ2n) is 10.3. The third kappa shape index (κ3) is 4.82. The maximum Gasteiger partial charge on any atom is 0.410 e. The van der Waals surface area contributed by atoms with Crippen LogP contribution >= 0.6 is 0 Å². The molecule has 4 rings (SSSR count). The zero-order chi connectivity index (χ0) is 24.8. The fourth-order valence-electron chi connectivity index (χ4n) is 5.96. The number of halogens is 1. The summed E-state index contributed by atoms with van der Waals surface area (Å²) in [5.41, 5.74) is 2.09. The Kier molecular flexibility index (Phi) is 6.98. The number of nitrogens with zero attached hydrogens (tertiary/aromatic N) is 2. The van der Waals surface area contributed by atoms with E-state index in [2.05, 4.69) is 10.8 Å². The maximum absolute atomic E-state index is 14.0. The van der Waals surface area contributed by atoms with Crippen molar-refractivity contribution in [2.45, 2.75) is 75.6 Å². The third-order valence-electron chi connectivity index (χ3n) is 7.87. The molecule has 6 atom stereocenters. The first-order chi connectivity index (χ1) is 16.0. The number of carbonyl (C=O) groups excluding carboxylic acids is 1. The first kappa shape index (κ1) is 25.3. The summed E-state index contributed by atoms with van der Waals surface area (Å²) in [6.07, 6.45) is 3.71. The van der Waals surface area contributed by atoms with Crippen molar-refractivity contribution in [2.75, 3.05) is 27.8 Å². The lowest BCUT2D eigenvalue weighted by atomic mass is 9.81. The molecule has 2 aliphatic carbocycles. The van der Waals surface area contributed by atoms with Crippen LogP contribution in [0.25, 0.3) is 0 Å². The van der Waals surface area contributed by atoms with Gasteiger partial charge in [-0.25, -0.2) is 9.18 Å². The van der Waals surface area contributed by atoms with E-state index in [-0.39, 0.29) is 30.0 Å². The van der Waals surface area contributed by atoms with Crippen LogP contribution < -0.4 is 4.72 Å². The molecule has 190 valence electrons. The number of hydrogen-bond acceptors (Lipinski definition) is 5. The summed E-state index contributed by atoms with van der Waals surface area (Å²) >= 11 is 0. The molecular formula is C24H36FN3O5S. The maximum atomic E-state index is 14.0. The Morgan fingerprint density at radius 2 is 2.03 bits per heavy atom. The van der Waals surface area contributed by atoms with Gasteiger partial charge in [-0.1, -0.05) is 6.07 Å². The minimum atomic E-state index is -3.67. The van der Waals surface area contributed by atoms with E-state index in [9.17, 15) is 17.6 Å². The standard InChI is InChI=1S/C24H36FN3O5S/c1-15-8-17(11-19(25)9-15)24-7-6-20(12-18(24)13-24)33-14-22-21(26-34(30,31)27(3)4)10-16(2)28(22)23(29)32-5/h8-9,11,16,18,20-22,26H,6-7,10,12-14H2,1-5H3/t16-,18?,20?,21+,22+,24?/m1/s1. The van der Waals surface area contributed by atoms with Gasteiger partial charge in [0, 0.05) is 26.2 Å². The first-order valence-electron chi connectivity index (χ1n) is 11.9. The highest BCUT2D eigenvalue weighted by Gasteiger charge is 2.58. The molecule has 1 N–H and O–H groups in total. The molecule has 0 spiro atoms. The molecule has 1 heterocycles. The Morgan fingerprint density at radius 1 is 1.29 bits per heavy atom. The Balaban J connectivity index is 1.42. The van der Waals surface area contributed by atoms with Crippen molar-refractivity contribution in [1.82, 2.24) is 13.9 Å². The number of amides is 1. The van der Waals surface area contributed by atoms with Crippen molar-refractivity contribution in [1.29, 1.82) is 0 Å². The molecule has 1 aromatic rings. The van der Waals surface area contributed by atoms with E-state index >= 15 is 0 Å². The molecule has 10 heteroatoms. The predicted molar refractivity (Wildman–Crippen MR) is 126 cm³/mol. The van der Waals surface area contributed by atoms with E-state index in [1.165, 1.54) is 21.2 Å². The van der Waals surface area contributed by atoms with Crippen LogP contribution in [0.4, 0.5) is 9.18 Å². The van der Waals surface area contributed by atoms with Crippen LogP contribution in [-0.4, -0.2) is 75.8 Å². The number of aryl methyl sites for hydroxylation is 1. The lowest BCUT2D eigenvalue weighted by Gasteiger charge is -2.33. The summed E-state index contributed by atoms with van der Waals surface area (Å²) in [6.45, 7) is 4.03. The molecule has 34 heavy (non-hydrogen) atoms. The lowest BCUT2D eigenvalue weighted by molar-refractivity contribution is -0.00999. The van der Waals surface area contributed by atoms with Crippen LogP contribution in [0.5, 0.6) is 0 Å². The van der Waals surface area contributed by atoms with E-state index in [1.807, 2.05) is 13.8 Å². The van der Waals surface area contributed by atoms with Gasteiger partial charge in [-0.3, -0.25) is 4.90 Å². The van der Waals surface area contributed by atoms with Gasteiger partial charge in [0.25, 0.3) is 10.2 Å². The topological polar surface area (TPSA) is 88.2 Å². The number of fused-ring (bicyclic) bond motifs is 1. The number of benzene rings is 1. The van der Waals surface area contributed by atoms with Gasteiger partial charge in [0.1, 0.15) is 5.82 Å². The zero-order valence-electron chi connectivity index (χ0n) is 20.6. The molecule has 1 aromatic carbocycles. The van der Waals surface area contributed by atoms with Crippen molar-refractivity contribution < 1.29 is 27.1 Å². The number of nitrogens with one attached hydrogen (secondary N) is 1. The molecule has 1 amide bonds. The number of carbonyl (C=O) groups is 1. The molecule has 2 saturated carbocycles. The van der Waals surface area contributed by atoms with Gasteiger partial charge in [0.05, 0.1) is 25.9 Å². The number of rotatable bonds is 7. The van der Waals surface area contributed by atoms with E-state index in [0.717, 1.165) is 41.1 Å². The van der Waals surface area contributed by atoms with E-state index in [0.29, 0.717) is 12.3 Å². The first-order valence-corrected chi connectivity index (χ1v) is 13.4. The average Bonchev–Trinajstić information content (AvgIpc) is 3.42. The number of hydrogen-bond donors (Lipinski definition) is 1. The van der Waals surface area contributed by atoms with E-state index in [1.54, 1.807) is 17.0 Å². The summed E-state index contributed by atoms with van der Waals surface area (Å²) in [4.78, 5) is 14.1. The smallest absolute Gasteiger partial charge is 0.410 e. The van der Waals surface area contributed by atoms with Gasteiger partial charge in [-0.2, -0.15) is 17.4 Å². The Bertz CT molecular complexity index is 1020. The number of methoxy groups -OCH3 is 1. The molecule has 0 aromatic heterocycles. The van der Waals surface area contributed by atoms with Gasteiger partial charge in [0.2, 0.25) is 0 Å². The molecule has 1 aliphatic heterocycles. The molecule has 0 bridgehead atoms. The highest BCUT2D eigenvalue weighted by molar-refractivity contribution is 7.87. The Labute approximate surface area is 202 Å². The van der Waals surface area contributed by atoms with Gasteiger partial charge < -0.3 is 9.47 Å². The summed E-state index contributed by atoms with van der Waals surface area (Å²) in [7, 11) is 0.592. The normalized spacial score (nSPS) is 33.1. The Hall–Kier alpha value is -1.75. The zero-order valence-corrected chi connectivity index (χ0v) is 21.4. The van der Waals surface area contributed by atoms with Crippen molar-refractivity contribution in [3.05, 3.63) is 35.1 Å². The van der Waals surface area contributed by atoms with Gasteiger partial charge >= 0.3 is 6.09 Å². The lowest BCUT2D eigenvalue weighted by Crippen LogP contribution is -2.52. The van der Waals surface area contributed by atoms with Gasteiger partial charge in [-0.05, 0) is 80.5 Å². The molecule has 3 fully saturated rings. The molecule has 8 nitrogen and oxygen atoms in total. The fraction of sp³-hybridized carbons (Fsp3) is 0.708. The minimum Gasteiger partial charge on any atom is -0.453 e. The fourth-order valence-corrected chi connectivity index (χ4v) is 6.80. The second kappa shape index (κ2) is 9.37. The minimum absolute atomic E-state index is 0.0248. The third-order valence-corrected chi connectivity index (χ3v) is 9.43. The summed E-state index contributed by atoms with van der Waals surface area (Å²) in [6, 6.07) is 4.20. The highest BCUT2D eigenvalue weighted by Crippen LogP contribution is 2.62. The quantitative estimate of drug-likeness (QED) is 0.626. The summed E-state index contributed by atoms with van der Waals surface area (Å²) in [5.74, 6) is 0.271. The molecule has 3 aliphatic rings. The molecule has 1 saturated heterocycles. The van der Waals surface area contributed by atoms with Gasteiger partial charge in [-0.15, -0.1) is 0 Å². The van der Waals surface area contributed by atoms with Crippen molar-refractivity contribution >= 4 is 16.3 Å². The van der Waals surface area contributed by atoms with Gasteiger partial charge in [0.15, 0.2) is 0 Å². The van der Waals surface area contributed by atoms with Crippen molar-refractivity contribution in [3.8, 4) is 0 Å². The van der Waals surface area contributed by atoms with Crippen molar-refractivity contribution in [2.24, 2.45) is 5.92 Å². The SMILES string of the molecule is COC(=O)N1[C@H](C)C[C@H](NS(=O)(=O)N(C)C)[C@@H]1COC1CCC2(c3cc(C)cc(F)c3)CC2C1. The monoisotopic (exact) mass is 497 g/mol. The second-order valence-corrected chi connectivity index (χ2v) is 12.3. The largest absolute Gasteiger partial charge is 0.453 e. The van der Waals surface area contributed by atoms with Crippen LogP contribution in [0.3, 0.4) is 0 Å². The number of likely N-dealkylation sites (tertiary alicyclic amines) is 1. The van der Waals surface area contributed by atoms with Crippen LogP contribution in [0.1, 0.15) is 50.2 Å². The van der Waals surface area contributed by atoms with Crippen molar-refractivity contribution in [3.63, 3.8) is 0 Å². The Morgan fingerprint density at radius 3 is 2.65 bits per heavy atom. The molecular weight excluding hydrogens is 461 g/mol. The van der Waals surface area contributed by atoms with E-state index < -0.39 is 28.4 Å². The predicted octanol–water partition coefficient (Wildman–Crippen LogP) is 2.95. The molecule has 0 radical (unpaired) electrons. The summed E-state index contributed by atoms with van der Waals surface area (Å²) < 4.78 is 54.0. The van der Waals surface area contributed by atoms with E-state index in [4.69, 9.17) is 9.47 Å². The van der Waals surface area contributed by atoms with Crippen LogP contribution in [0, 0.1) is 18.7 Å². The highest BCUT2D eigenvalue weighted by atomic mass is 32.2. The average molecular weight is 498 g/mol. The van der Waals surface area contributed by atoms with Crippen LogP contribution in [0.15, 0.2) is 18.2 Å².